The average Bonchev–Trinajstić information content (AvgIpc) is 3.33. The summed E-state index contributed by atoms with van der Waals surface area (Å²) in [5.74, 6) is 1.39. The predicted octanol–water partition coefficient (Wildman–Crippen LogP) is 2.70. The number of rotatable bonds is 5. The molecule has 0 aromatic heterocycles. The van der Waals surface area contributed by atoms with Crippen molar-refractivity contribution in [3.05, 3.63) is 35.4 Å². The zero-order chi connectivity index (χ0) is 20.1. The third-order valence-corrected chi connectivity index (χ3v) is 7.08. The van der Waals surface area contributed by atoms with Gasteiger partial charge < -0.3 is 10.6 Å². The lowest BCUT2D eigenvalue weighted by molar-refractivity contribution is -0.135. The molecule has 150 valence electrons. The molecule has 6 heteroatoms. The number of carbonyl (C=O) groups excluding carboxylic acids is 3. The molecule has 1 aromatic carbocycles. The summed E-state index contributed by atoms with van der Waals surface area (Å²) in [6.07, 6.45) is 5.05. The minimum absolute atomic E-state index is 0.0753. The lowest BCUT2D eigenvalue weighted by atomic mass is 9.84. The van der Waals surface area contributed by atoms with E-state index in [1.165, 1.54) is 25.7 Å². The molecule has 2 N–H and O–H groups in total. The summed E-state index contributed by atoms with van der Waals surface area (Å²) in [5, 5.41) is 5.82. The molecule has 2 bridgehead atoms. The highest BCUT2D eigenvalue weighted by molar-refractivity contribution is 6.09. The summed E-state index contributed by atoms with van der Waals surface area (Å²) in [6.45, 7) is 5.42. The van der Waals surface area contributed by atoms with Crippen LogP contribution < -0.4 is 10.6 Å². The Bertz CT molecular complexity index is 823. The van der Waals surface area contributed by atoms with E-state index in [1.54, 1.807) is 6.92 Å². The van der Waals surface area contributed by atoms with Crippen molar-refractivity contribution in [2.45, 2.75) is 58.0 Å². The van der Waals surface area contributed by atoms with Gasteiger partial charge in [0.25, 0.3) is 5.91 Å². The number of nitrogens with zero attached hydrogens (tertiary/aromatic N) is 1. The average molecular weight is 383 g/mol. The van der Waals surface area contributed by atoms with Crippen molar-refractivity contribution in [3.8, 4) is 0 Å². The maximum Gasteiger partial charge on any atom is 0.325 e. The molecule has 4 rings (SSSR count). The van der Waals surface area contributed by atoms with Crippen molar-refractivity contribution in [3.63, 3.8) is 0 Å². The van der Waals surface area contributed by atoms with Gasteiger partial charge in [0.1, 0.15) is 12.1 Å². The Balaban J connectivity index is 1.42. The Morgan fingerprint density at radius 1 is 1.29 bits per heavy atom. The van der Waals surface area contributed by atoms with Crippen LogP contribution in [0.4, 0.5) is 4.79 Å². The highest BCUT2D eigenvalue weighted by Crippen LogP contribution is 2.49. The molecule has 1 aromatic rings. The van der Waals surface area contributed by atoms with Gasteiger partial charge >= 0.3 is 6.03 Å². The highest BCUT2D eigenvalue weighted by atomic mass is 16.2. The smallest absolute Gasteiger partial charge is 0.325 e. The summed E-state index contributed by atoms with van der Waals surface area (Å²) in [6, 6.07) is 7.05. The summed E-state index contributed by atoms with van der Waals surface area (Å²) < 4.78 is 0. The third-order valence-electron chi connectivity index (χ3n) is 7.08. The maximum atomic E-state index is 13.0. The normalized spacial score (nSPS) is 32.5. The number of hydrogen-bond acceptors (Lipinski definition) is 3. The van der Waals surface area contributed by atoms with E-state index in [2.05, 4.69) is 10.6 Å². The summed E-state index contributed by atoms with van der Waals surface area (Å²) in [4.78, 5) is 39.1. The van der Waals surface area contributed by atoms with Crippen LogP contribution in [0.25, 0.3) is 0 Å². The number of benzene rings is 1. The molecule has 5 atom stereocenters. The highest BCUT2D eigenvalue weighted by Gasteiger charge is 2.50. The molecule has 3 aliphatic rings. The molecular formula is C22H29N3O3. The van der Waals surface area contributed by atoms with Crippen LogP contribution in [-0.2, 0) is 15.1 Å². The summed E-state index contributed by atoms with van der Waals surface area (Å²) >= 11 is 0. The molecular weight excluding hydrogens is 354 g/mol. The van der Waals surface area contributed by atoms with Crippen LogP contribution in [0.3, 0.4) is 0 Å². The van der Waals surface area contributed by atoms with Crippen LogP contribution >= 0.6 is 0 Å². The number of aryl methyl sites for hydroxylation is 1. The first-order chi connectivity index (χ1) is 13.3. The molecule has 4 amide bonds. The number of hydrogen-bond donors (Lipinski definition) is 2. The second-order valence-corrected chi connectivity index (χ2v) is 8.96. The van der Waals surface area contributed by atoms with E-state index in [0.717, 1.165) is 21.9 Å². The van der Waals surface area contributed by atoms with Gasteiger partial charge in [-0.25, -0.2) is 4.79 Å². The quantitative estimate of drug-likeness (QED) is 0.768. The van der Waals surface area contributed by atoms with E-state index >= 15 is 0 Å². The zero-order valence-corrected chi connectivity index (χ0v) is 16.8. The SMILES string of the molecule is Cc1ccccc1C1(C)NC(=O)N(CC(=O)NC(C)C2CC3CCC2C3)C1=O. The molecule has 1 aliphatic heterocycles. The van der Waals surface area contributed by atoms with Crippen molar-refractivity contribution < 1.29 is 14.4 Å². The number of imide groups is 1. The van der Waals surface area contributed by atoms with Gasteiger partial charge in [-0.3, -0.25) is 14.5 Å². The molecule has 1 heterocycles. The summed E-state index contributed by atoms with van der Waals surface area (Å²) in [7, 11) is 0. The first-order valence-corrected chi connectivity index (χ1v) is 10.3. The Kier molecular flexibility index (Phi) is 4.68. The van der Waals surface area contributed by atoms with E-state index < -0.39 is 11.6 Å². The van der Waals surface area contributed by atoms with E-state index in [4.69, 9.17) is 0 Å². The fraction of sp³-hybridized carbons (Fsp3) is 0.591. The predicted molar refractivity (Wildman–Crippen MR) is 105 cm³/mol. The van der Waals surface area contributed by atoms with Gasteiger partial charge in [0.15, 0.2) is 0 Å². The van der Waals surface area contributed by atoms with E-state index in [1.807, 2.05) is 38.1 Å². The van der Waals surface area contributed by atoms with E-state index in [0.29, 0.717) is 11.8 Å². The third kappa shape index (κ3) is 3.09. The van der Waals surface area contributed by atoms with Gasteiger partial charge in [0, 0.05) is 6.04 Å². The van der Waals surface area contributed by atoms with Crippen LogP contribution in [0.15, 0.2) is 24.3 Å². The number of carbonyl (C=O) groups is 3. The molecule has 6 nitrogen and oxygen atoms in total. The first kappa shape index (κ1) is 19.0. The van der Waals surface area contributed by atoms with Gasteiger partial charge in [0.2, 0.25) is 5.91 Å². The Morgan fingerprint density at radius 2 is 2.04 bits per heavy atom. The molecule has 28 heavy (non-hydrogen) atoms. The van der Waals surface area contributed by atoms with Crippen molar-refractivity contribution in [2.24, 2.45) is 17.8 Å². The monoisotopic (exact) mass is 383 g/mol. The van der Waals surface area contributed by atoms with Crippen LogP contribution in [0, 0.1) is 24.7 Å². The fourth-order valence-corrected chi connectivity index (χ4v) is 5.61. The van der Waals surface area contributed by atoms with Crippen LogP contribution in [0.1, 0.15) is 50.7 Å². The van der Waals surface area contributed by atoms with Crippen molar-refractivity contribution in [2.75, 3.05) is 6.54 Å². The molecule has 1 saturated heterocycles. The van der Waals surface area contributed by atoms with Crippen LogP contribution in [-0.4, -0.2) is 35.3 Å². The Morgan fingerprint density at radius 3 is 2.68 bits per heavy atom. The second-order valence-electron chi connectivity index (χ2n) is 8.96. The molecule has 5 unspecified atom stereocenters. The van der Waals surface area contributed by atoms with Crippen molar-refractivity contribution >= 4 is 17.8 Å². The lowest BCUT2D eigenvalue weighted by Gasteiger charge is -2.29. The Hall–Kier alpha value is -2.37. The molecule has 3 fully saturated rings. The van der Waals surface area contributed by atoms with E-state index in [-0.39, 0.29) is 24.4 Å². The molecule has 2 saturated carbocycles. The van der Waals surface area contributed by atoms with Gasteiger partial charge in [-0.2, -0.15) is 0 Å². The number of nitrogens with one attached hydrogen (secondary N) is 2. The van der Waals surface area contributed by atoms with Gasteiger partial charge in [-0.05, 0) is 68.9 Å². The zero-order valence-electron chi connectivity index (χ0n) is 16.8. The minimum Gasteiger partial charge on any atom is -0.352 e. The molecule has 2 aliphatic carbocycles. The van der Waals surface area contributed by atoms with E-state index in [9.17, 15) is 14.4 Å². The molecule has 0 radical (unpaired) electrons. The van der Waals surface area contributed by atoms with Gasteiger partial charge in [-0.15, -0.1) is 0 Å². The summed E-state index contributed by atoms with van der Waals surface area (Å²) in [5.41, 5.74) is 0.542. The topological polar surface area (TPSA) is 78.5 Å². The lowest BCUT2D eigenvalue weighted by Crippen LogP contribution is -2.47. The number of amides is 4. The largest absolute Gasteiger partial charge is 0.352 e. The van der Waals surface area contributed by atoms with Crippen molar-refractivity contribution in [1.82, 2.24) is 15.5 Å². The number of fused-ring (bicyclic) bond motifs is 2. The number of urea groups is 1. The van der Waals surface area contributed by atoms with Gasteiger partial charge in [0.05, 0.1) is 0 Å². The van der Waals surface area contributed by atoms with Crippen molar-refractivity contribution in [1.29, 1.82) is 0 Å². The standard InChI is InChI=1S/C22H29N3O3/c1-13-6-4-5-7-18(13)22(3)20(27)25(21(28)24-22)12-19(26)23-14(2)17-11-15-8-9-16(17)10-15/h4-7,14-17H,8-12H2,1-3H3,(H,23,26)(H,24,28). The van der Waals surface area contributed by atoms with Crippen LogP contribution in [0.5, 0.6) is 0 Å². The van der Waals surface area contributed by atoms with Gasteiger partial charge in [-0.1, -0.05) is 30.7 Å². The fourth-order valence-electron chi connectivity index (χ4n) is 5.61. The minimum atomic E-state index is -1.14. The van der Waals surface area contributed by atoms with Crippen LogP contribution in [0.2, 0.25) is 0 Å². The maximum absolute atomic E-state index is 13.0. The molecule has 0 spiro atoms. The second kappa shape index (κ2) is 6.90. The Labute approximate surface area is 166 Å². The first-order valence-electron chi connectivity index (χ1n) is 10.3.